The predicted octanol–water partition coefficient (Wildman–Crippen LogP) is 0.683. The van der Waals surface area contributed by atoms with E-state index in [1.165, 1.54) is 18.2 Å². The van der Waals surface area contributed by atoms with Crippen molar-refractivity contribution in [3.8, 4) is 0 Å². The number of carbonyl (C=O) groups excluding carboxylic acids is 3. The van der Waals surface area contributed by atoms with Gasteiger partial charge in [0, 0.05) is 17.8 Å². The lowest BCUT2D eigenvalue weighted by Gasteiger charge is -2.17. The highest BCUT2D eigenvalue weighted by atomic mass is 35.5. The van der Waals surface area contributed by atoms with Crippen molar-refractivity contribution in [2.45, 2.75) is 13.0 Å². The van der Waals surface area contributed by atoms with Gasteiger partial charge in [-0.25, -0.2) is 4.79 Å². The van der Waals surface area contributed by atoms with Crippen LogP contribution in [0.15, 0.2) is 42.5 Å². The molecular formula is C21H23ClN6O5. The van der Waals surface area contributed by atoms with Gasteiger partial charge in [0.1, 0.15) is 6.04 Å². The molecule has 2 aromatic rings. The molecule has 2 aromatic carbocycles. The first-order valence-corrected chi connectivity index (χ1v) is 10.0. The molecule has 0 heterocycles. The Bertz CT molecular complexity index is 1070. The number of hydrogen-bond acceptors (Lipinski definition) is 5. The number of rotatable bonds is 9. The first kappa shape index (κ1) is 25.1. The van der Waals surface area contributed by atoms with Gasteiger partial charge in [0.05, 0.1) is 17.1 Å². The molecule has 0 bridgehead atoms. The Balaban J connectivity index is 1.90. The molecule has 0 aromatic heterocycles. The van der Waals surface area contributed by atoms with Crippen LogP contribution >= 0.6 is 11.6 Å². The standard InChI is InChI=1S/C21H23ClN6O5/c1-11-4-2-7-14(22)17(11)19(31)28-15(20(32)33)9-25-16(29)10-26-18(30)12-5-3-6-13(8-12)27-21(23)24/h2-8,15H,9-10H2,1H3,(H,25,29)(H,26,30)(H,28,31)(H,32,33)(H4,23,24,27)/t15-/m0/s1. The highest BCUT2D eigenvalue weighted by Crippen LogP contribution is 2.19. The number of halogens is 1. The second kappa shape index (κ2) is 11.5. The van der Waals surface area contributed by atoms with Gasteiger partial charge in [0.15, 0.2) is 5.96 Å². The van der Waals surface area contributed by atoms with Gasteiger partial charge in [-0.1, -0.05) is 29.8 Å². The van der Waals surface area contributed by atoms with Crippen LogP contribution < -0.4 is 27.0 Å². The number of carboxylic acid groups (broad SMARTS) is 1. The first-order valence-electron chi connectivity index (χ1n) is 9.63. The molecule has 0 aliphatic heterocycles. The van der Waals surface area contributed by atoms with Crippen LogP contribution in [0.25, 0.3) is 0 Å². The topological polar surface area (TPSA) is 186 Å². The van der Waals surface area contributed by atoms with Crippen molar-refractivity contribution in [2.75, 3.05) is 18.4 Å². The number of anilines is 1. The smallest absolute Gasteiger partial charge is 0.328 e. The van der Waals surface area contributed by atoms with E-state index in [0.29, 0.717) is 11.3 Å². The van der Waals surface area contributed by atoms with E-state index in [0.717, 1.165) is 0 Å². The number of hydrogen-bond donors (Lipinski definition) is 7. The van der Waals surface area contributed by atoms with E-state index in [1.807, 2.05) is 0 Å². The van der Waals surface area contributed by atoms with Gasteiger partial charge in [-0.15, -0.1) is 0 Å². The molecule has 2 rings (SSSR count). The number of nitrogens with two attached hydrogens (primary N) is 1. The Hall–Kier alpha value is -4.12. The average Bonchev–Trinajstić information content (AvgIpc) is 2.74. The summed E-state index contributed by atoms with van der Waals surface area (Å²) < 4.78 is 0. The SMILES string of the molecule is Cc1cccc(Cl)c1C(=O)N[C@@H](CNC(=O)CNC(=O)c1cccc(NC(=N)N)c1)C(=O)O. The molecule has 11 nitrogen and oxygen atoms in total. The molecule has 0 spiro atoms. The number of benzene rings is 2. The van der Waals surface area contributed by atoms with Gasteiger partial charge < -0.3 is 32.1 Å². The van der Waals surface area contributed by atoms with E-state index in [-0.39, 0.29) is 22.1 Å². The lowest BCUT2D eigenvalue weighted by Crippen LogP contribution is -2.50. The summed E-state index contributed by atoms with van der Waals surface area (Å²) in [5.74, 6) is -3.55. The summed E-state index contributed by atoms with van der Waals surface area (Å²) >= 11 is 6.03. The molecule has 0 aliphatic rings. The summed E-state index contributed by atoms with van der Waals surface area (Å²) in [6.07, 6.45) is 0. The summed E-state index contributed by atoms with van der Waals surface area (Å²) in [7, 11) is 0. The maximum Gasteiger partial charge on any atom is 0.328 e. The van der Waals surface area contributed by atoms with Gasteiger partial charge in [0.2, 0.25) is 5.91 Å². The Labute approximate surface area is 194 Å². The van der Waals surface area contributed by atoms with E-state index >= 15 is 0 Å². The quantitative estimate of drug-likeness (QED) is 0.205. The molecular weight excluding hydrogens is 452 g/mol. The molecule has 0 unspecified atom stereocenters. The molecule has 0 saturated carbocycles. The normalized spacial score (nSPS) is 11.1. The number of aliphatic carboxylic acids is 1. The molecule has 0 radical (unpaired) electrons. The summed E-state index contributed by atoms with van der Waals surface area (Å²) in [6, 6.07) is 9.54. The van der Waals surface area contributed by atoms with Gasteiger partial charge in [-0.05, 0) is 36.8 Å². The number of amides is 3. The van der Waals surface area contributed by atoms with Crippen LogP contribution in [0.3, 0.4) is 0 Å². The van der Waals surface area contributed by atoms with Crippen molar-refractivity contribution in [1.29, 1.82) is 5.41 Å². The second-order valence-corrected chi connectivity index (χ2v) is 7.31. The van der Waals surface area contributed by atoms with Crippen LogP contribution in [0.2, 0.25) is 5.02 Å². The third-order valence-corrected chi connectivity index (χ3v) is 4.68. The van der Waals surface area contributed by atoms with Crippen LogP contribution in [0.1, 0.15) is 26.3 Å². The number of nitrogens with one attached hydrogen (secondary N) is 5. The number of carbonyl (C=O) groups is 4. The monoisotopic (exact) mass is 474 g/mol. The Morgan fingerprint density at radius 1 is 1.09 bits per heavy atom. The first-order chi connectivity index (χ1) is 15.6. The molecule has 174 valence electrons. The highest BCUT2D eigenvalue weighted by molar-refractivity contribution is 6.34. The van der Waals surface area contributed by atoms with Crippen LogP contribution in [0, 0.1) is 12.3 Å². The fraction of sp³-hybridized carbons (Fsp3) is 0.190. The second-order valence-electron chi connectivity index (χ2n) is 6.90. The molecule has 0 fully saturated rings. The number of aryl methyl sites for hydroxylation is 1. The lowest BCUT2D eigenvalue weighted by atomic mass is 10.1. The average molecular weight is 475 g/mol. The predicted molar refractivity (Wildman–Crippen MR) is 122 cm³/mol. The summed E-state index contributed by atoms with van der Waals surface area (Å²) in [6.45, 7) is 0.831. The minimum atomic E-state index is -1.41. The fourth-order valence-electron chi connectivity index (χ4n) is 2.78. The van der Waals surface area contributed by atoms with Gasteiger partial charge in [0.25, 0.3) is 11.8 Å². The molecule has 33 heavy (non-hydrogen) atoms. The van der Waals surface area contributed by atoms with Crippen molar-refractivity contribution in [2.24, 2.45) is 5.73 Å². The Morgan fingerprint density at radius 2 is 1.79 bits per heavy atom. The number of carboxylic acids is 1. The molecule has 1 atom stereocenters. The fourth-order valence-corrected chi connectivity index (χ4v) is 3.09. The van der Waals surface area contributed by atoms with Crippen LogP contribution in [0.5, 0.6) is 0 Å². The van der Waals surface area contributed by atoms with Crippen LogP contribution in [0.4, 0.5) is 5.69 Å². The van der Waals surface area contributed by atoms with Crippen molar-refractivity contribution in [3.63, 3.8) is 0 Å². The zero-order valence-electron chi connectivity index (χ0n) is 17.6. The van der Waals surface area contributed by atoms with Crippen molar-refractivity contribution in [3.05, 3.63) is 64.2 Å². The zero-order chi connectivity index (χ0) is 24.5. The maximum absolute atomic E-state index is 12.5. The third-order valence-electron chi connectivity index (χ3n) is 4.37. The van der Waals surface area contributed by atoms with Crippen molar-refractivity contribution >= 4 is 46.9 Å². The largest absolute Gasteiger partial charge is 0.480 e. The van der Waals surface area contributed by atoms with Crippen LogP contribution in [-0.4, -0.2) is 53.9 Å². The maximum atomic E-state index is 12.5. The molecule has 0 aliphatic carbocycles. The minimum Gasteiger partial charge on any atom is -0.480 e. The summed E-state index contributed by atoms with van der Waals surface area (Å²) in [5, 5.41) is 26.4. The molecule has 8 N–H and O–H groups in total. The minimum absolute atomic E-state index is 0.144. The third kappa shape index (κ3) is 7.51. The molecule has 0 saturated heterocycles. The highest BCUT2D eigenvalue weighted by Gasteiger charge is 2.23. The Kier molecular flexibility index (Phi) is 8.75. The molecule has 12 heteroatoms. The molecule has 3 amide bonds. The van der Waals surface area contributed by atoms with E-state index < -0.39 is 42.8 Å². The van der Waals surface area contributed by atoms with Gasteiger partial charge >= 0.3 is 5.97 Å². The van der Waals surface area contributed by atoms with E-state index in [2.05, 4.69) is 21.3 Å². The zero-order valence-corrected chi connectivity index (χ0v) is 18.3. The van der Waals surface area contributed by atoms with Gasteiger partial charge in [-0.2, -0.15) is 0 Å². The van der Waals surface area contributed by atoms with E-state index in [4.69, 9.17) is 22.7 Å². The lowest BCUT2D eigenvalue weighted by molar-refractivity contribution is -0.139. The summed E-state index contributed by atoms with van der Waals surface area (Å²) in [4.78, 5) is 48.3. The Morgan fingerprint density at radius 3 is 2.42 bits per heavy atom. The number of guanidine groups is 1. The van der Waals surface area contributed by atoms with Crippen molar-refractivity contribution in [1.82, 2.24) is 16.0 Å². The van der Waals surface area contributed by atoms with Gasteiger partial charge in [-0.3, -0.25) is 19.8 Å². The van der Waals surface area contributed by atoms with E-state index in [1.54, 1.807) is 31.2 Å². The van der Waals surface area contributed by atoms with E-state index in [9.17, 15) is 24.3 Å². The van der Waals surface area contributed by atoms with Crippen molar-refractivity contribution < 1.29 is 24.3 Å². The summed E-state index contributed by atoms with van der Waals surface area (Å²) in [5.41, 5.74) is 6.61. The van der Waals surface area contributed by atoms with Crippen LogP contribution in [-0.2, 0) is 9.59 Å².